The van der Waals surface area contributed by atoms with Crippen molar-refractivity contribution in [2.24, 2.45) is 0 Å². The minimum atomic E-state index is -4.94. The summed E-state index contributed by atoms with van der Waals surface area (Å²) in [6.07, 6.45) is 5.19. The molecule has 212 valence electrons. The fourth-order valence-electron chi connectivity index (χ4n) is 3.73. The first-order valence-corrected chi connectivity index (χ1v) is 15.1. The quantitative estimate of drug-likeness (QED) is 0.159. The maximum absolute atomic E-state index is 8.49. The van der Waals surface area contributed by atoms with E-state index in [1.165, 1.54) is 7.14 Å². The van der Waals surface area contributed by atoms with Gasteiger partial charge < -0.3 is 18.9 Å². The summed E-state index contributed by atoms with van der Waals surface area (Å²) in [4.78, 5) is 8.66. The minimum absolute atomic E-state index is 0.392. The Kier molecular flexibility index (Phi) is 11.7. The molecule has 0 unspecified atom stereocenters. The van der Waals surface area contributed by atoms with Crippen molar-refractivity contribution < 1.29 is 69.0 Å². The van der Waals surface area contributed by atoms with Gasteiger partial charge in [-0.2, -0.15) is 0 Å². The van der Waals surface area contributed by atoms with Gasteiger partial charge in [0, 0.05) is 48.5 Å². The zero-order valence-corrected chi connectivity index (χ0v) is 25.2. The van der Waals surface area contributed by atoms with Gasteiger partial charge in [0.25, 0.3) is 0 Å². The molecule has 2 aromatic heterocycles. The van der Waals surface area contributed by atoms with Crippen molar-refractivity contribution in [1.82, 2.24) is 9.97 Å². The normalized spacial score (nSPS) is 10.8. The molecular formula is C28H28ClIN2O8. The second kappa shape index (κ2) is 15.0. The van der Waals surface area contributed by atoms with Gasteiger partial charge in [-0.25, -0.2) is 28.6 Å². The SMILES string of the molecule is COc1ccc(Cc2cc([I+]c3ccc(OC)c(Cc4ccc(OC)nc4)c3)ccc2OC)cn1.[O-][Cl+3]([O-])([O-])[O-]. The van der Waals surface area contributed by atoms with Crippen LogP contribution in [0.2, 0.25) is 0 Å². The van der Waals surface area contributed by atoms with Crippen LogP contribution < -0.4 is 58.8 Å². The van der Waals surface area contributed by atoms with Crippen LogP contribution in [0.15, 0.2) is 73.1 Å². The first-order valence-electron chi connectivity index (χ1n) is 11.7. The predicted molar refractivity (Wildman–Crippen MR) is 131 cm³/mol. The van der Waals surface area contributed by atoms with E-state index in [2.05, 4.69) is 46.4 Å². The maximum atomic E-state index is 8.49. The molecule has 2 aromatic carbocycles. The smallest absolute Gasteiger partial charge is 0.357 e. The molecule has 0 aliphatic carbocycles. The number of rotatable bonds is 10. The van der Waals surface area contributed by atoms with E-state index in [0.717, 1.165) is 46.6 Å². The molecular weight excluding hydrogens is 655 g/mol. The number of aromatic nitrogens is 2. The first kappa shape index (κ1) is 31.3. The Morgan fingerprint density at radius 1 is 0.600 bits per heavy atom. The zero-order valence-electron chi connectivity index (χ0n) is 22.3. The van der Waals surface area contributed by atoms with Crippen molar-refractivity contribution in [3.8, 4) is 23.3 Å². The topological polar surface area (TPSA) is 155 Å². The van der Waals surface area contributed by atoms with E-state index < -0.39 is 31.4 Å². The molecule has 0 radical (unpaired) electrons. The van der Waals surface area contributed by atoms with Crippen LogP contribution >= 0.6 is 0 Å². The van der Waals surface area contributed by atoms with Gasteiger partial charge in [0.05, 0.1) is 28.4 Å². The van der Waals surface area contributed by atoms with Gasteiger partial charge in [0.1, 0.15) is 11.5 Å². The molecule has 0 N–H and O–H groups in total. The fourth-order valence-corrected chi connectivity index (χ4v) is 6.23. The summed E-state index contributed by atoms with van der Waals surface area (Å²) in [7, 11) is 1.72. The van der Waals surface area contributed by atoms with Gasteiger partial charge in [-0.15, -0.1) is 10.2 Å². The van der Waals surface area contributed by atoms with Crippen LogP contribution in [0.5, 0.6) is 23.3 Å². The molecule has 2 heterocycles. The van der Waals surface area contributed by atoms with E-state index in [0.29, 0.717) is 11.8 Å². The van der Waals surface area contributed by atoms with E-state index in [1.807, 2.05) is 36.7 Å². The Morgan fingerprint density at radius 2 is 1.00 bits per heavy atom. The average molecular weight is 683 g/mol. The van der Waals surface area contributed by atoms with Gasteiger partial charge in [0.15, 0.2) is 7.14 Å². The third kappa shape index (κ3) is 10.1. The molecule has 0 aliphatic rings. The van der Waals surface area contributed by atoms with E-state index in [-0.39, 0.29) is 0 Å². The molecule has 10 nitrogen and oxygen atoms in total. The maximum Gasteiger partial charge on any atom is 0.357 e. The molecule has 40 heavy (non-hydrogen) atoms. The molecule has 0 amide bonds. The van der Waals surface area contributed by atoms with E-state index in [9.17, 15) is 0 Å². The third-order valence-corrected chi connectivity index (χ3v) is 8.09. The highest BCUT2D eigenvalue weighted by Crippen LogP contribution is 2.23. The molecule has 0 spiro atoms. The van der Waals surface area contributed by atoms with Crippen molar-refractivity contribution in [3.05, 3.63) is 102 Å². The lowest BCUT2D eigenvalue weighted by atomic mass is 10.1. The predicted octanol–water partition coefficient (Wildman–Crippen LogP) is -2.93. The number of hydrogen-bond donors (Lipinski definition) is 0. The molecule has 0 bridgehead atoms. The van der Waals surface area contributed by atoms with Crippen LogP contribution in [-0.2, 0) is 12.8 Å². The van der Waals surface area contributed by atoms with Crippen molar-refractivity contribution >= 4 is 0 Å². The van der Waals surface area contributed by atoms with Crippen LogP contribution in [0.1, 0.15) is 22.3 Å². The highest BCUT2D eigenvalue weighted by Gasteiger charge is 2.20. The molecule has 0 atom stereocenters. The number of hydrogen-bond acceptors (Lipinski definition) is 10. The number of pyridine rings is 2. The van der Waals surface area contributed by atoms with Crippen LogP contribution in [0.4, 0.5) is 0 Å². The second-order valence-corrected chi connectivity index (χ2v) is 11.9. The summed E-state index contributed by atoms with van der Waals surface area (Å²) in [6, 6.07) is 20.8. The molecule has 12 heteroatoms. The van der Waals surface area contributed by atoms with Crippen molar-refractivity contribution in [2.75, 3.05) is 28.4 Å². The van der Waals surface area contributed by atoms with Crippen LogP contribution in [-0.4, -0.2) is 38.4 Å². The molecule has 0 fully saturated rings. The van der Waals surface area contributed by atoms with Crippen LogP contribution in [0.3, 0.4) is 0 Å². The first-order chi connectivity index (χ1) is 19.1. The molecule has 0 saturated heterocycles. The van der Waals surface area contributed by atoms with Crippen molar-refractivity contribution in [2.45, 2.75) is 12.8 Å². The molecule has 4 aromatic rings. The monoisotopic (exact) mass is 682 g/mol. The van der Waals surface area contributed by atoms with E-state index in [4.69, 9.17) is 37.6 Å². The Hall–Kier alpha value is -3.20. The summed E-state index contributed by atoms with van der Waals surface area (Å²) >= 11 is -0.392. The van der Waals surface area contributed by atoms with Gasteiger partial charge in [-0.3, -0.25) is 0 Å². The lowest BCUT2D eigenvalue weighted by Crippen LogP contribution is -3.61. The van der Waals surface area contributed by atoms with Crippen molar-refractivity contribution in [3.63, 3.8) is 0 Å². The van der Waals surface area contributed by atoms with E-state index >= 15 is 0 Å². The summed E-state index contributed by atoms with van der Waals surface area (Å²) in [5.41, 5.74) is 4.52. The number of ether oxygens (including phenoxy) is 4. The van der Waals surface area contributed by atoms with E-state index in [1.54, 1.807) is 28.4 Å². The highest BCUT2D eigenvalue weighted by molar-refractivity contribution is 5.39. The summed E-state index contributed by atoms with van der Waals surface area (Å²) in [6.45, 7) is 0. The number of nitrogens with zero attached hydrogens (tertiary/aromatic N) is 2. The standard InChI is InChI=1S/C28H28IN2O4.ClHO4/c1-32-25-9-7-23(15-21(25)13-19-5-11-27(34-3)30-17-19)29-24-8-10-26(33-2)22(16-24)14-20-6-12-28(35-4)31-18-20;2-1(3,4)5/h5-12,15-18H,13-14H2,1-4H3;(H,2,3,4,5)/q+1;/p-1. The molecule has 0 saturated carbocycles. The molecule has 0 aliphatic heterocycles. The van der Waals surface area contributed by atoms with Gasteiger partial charge in [-0.05, 0) is 47.5 Å². The lowest BCUT2D eigenvalue weighted by molar-refractivity contribution is -2.00. The van der Waals surface area contributed by atoms with Crippen LogP contribution in [0, 0.1) is 17.4 Å². The van der Waals surface area contributed by atoms with Gasteiger partial charge >= 0.3 is 21.2 Å². The Labute approximate surface area is 245 Å². The van der Waals surface area contributed by atoms with Crippen molar-refractivity contribution in [1.29, 1.82) is 0 Å². The average Bonchev–Trinajstić information content (AvgIpc) is 2.93. The highest BCUT2D eigenvalue weighted by atomic mass is 127. The largest absolute Gasteiger partial charge is 0.496 e. The summed E-state index contributed by atoms with van der Waals surface area (Å²) in [5, 5.41) is 0. The zero-order chi connectivity index (χ0) is 29.1. The van der Waals surface area contributed by atoms with Gasteiger partial charge in [0.2, 0.25) is 11.8 Å². The van der Waals surface area contributed by atoms with Crippen LogP contribution in [0.25, 0.3) is 0 Å². The second-order valence-electron chi connectivity index (χ2n) is 8.16. The summed E-state index contributed by atoms with van der Waals surface area (Å²) in [5.74, 6) is 2.99. The number of halogens is 2. The number of benzene rings is 2. The minimum Gasteiger partial charge on any atom is -0.496 e. The third-order valence-electron chi connectivity index (χ3n) is 5.51. The lowest BCUT2D eigenvalue weighted by Gasteiger charge is -2.17. The molecule has 4 rings (SSSR count). The number of methoxy groups -OCH3 is 4. The Balaban J connectivity index is 0.000000810. The summed E-state index contributed by atoms with van der Waals surface area (Å²) < 4.78 is 58.2. The van der Waals surface area contributed by atoms with Gasteiger partial charge in [-0.1, -0.05) is 12.1 Å². The Morgan fingerprint density at radius 3 is 1.30 bits per heavy atom. The Bertz CT molecular complexity index is 1260. The fraction of sp³-hybridized carbons (Fsp3) is 0.214.